The summed E-state index contributed by atoms with van der Waals surface area (Å²) in [6.45, 7) is -1.29. The van der Waals surface area contributed by atoms with Gasteiger partial charge >= 0.3 is 13.5 Å². The van der Waals surface area contributed by atoms with E-state index in [9.17, 15) is 44.6 Å². The zero-order chi connectivity index (χ0) is 29.1. The number of aliphatic hydroxyl groups excluding tert-OH is 6. The minimum absolute atomic E-state index is 0.0804. The fraction of sp³-hybridized carbons (Fsp3) is 0.650. The molecule has 0 radical (unpaired) electrons. The van der Waals surface area contributed by atoms with Crippen molar-refractivity contribution in [3.63, 3.8) is 0 Å². The van der Waals surface area contributed by atoms with Crippen LogP contribution in [0.1, 0.15) is 13.2 Å². The van der Waals surface area contributed by atoms with E-state index in [0.29, 0.717) is 0 Å². The van der Waals surface area contributed by atoms with Gasteiger partial charge in [-0.25, -0.2) is 9.36 Å². The largest absolute Gasteiger partial charge is 0.487 e. The Morgan fingerprint density at radius 1 is 1.28 bits per heavy atom. The van der Waals surface area contributed by atoms with Crippen molar-refractivity contribution in [2.24, 2.45) is 0 Å². The molecule has 10 N–H and O–H groups in total. The van der Waals surface area contributed by atoms with E-state index in [0.717, 1.165) is 17.6 Å². The minimum Gasteiger partial charge on any atom is -0.487 e. The molecule has 10 atom stereocenters. The topological polar surface area (TPSA) is 286 Å². The van der Waals surface area contributed by atoms with Crippen LogP contribution in [0.4, 0.5) is 5.82 Å². The Hall–Kier alpha value is -2.48. The van der Waals surface area contributed by atoms with E-state index in [-0.39, 0.29) is 11.6 Å². The van der Waals surface area contributed by atoms with E-state index in [1.807, 2.05) is 0 Å². The zero-order valence-corrected chi connectivity index (χ0v) is 21.4. The first kappa shape index (κ1) is 31.1. The number of carbonyl (C=O) groups is 1. The normalized spacial score (nSPS) is 32.0. The van der Waals surface area contributed by atoms with Crippen LogP contribution in [0, 0.1) is 0 Å². The third-order valence-electron chi connectivity index (χ3n) is 5.89. The Morgan fingerprint density at radius 2 is 1.97 bits per heavy atom. The summed E-state index contributed by atoms with van der Waals surface area (Å²) in [5.41, 5.74) is 4.55. The fourth-order valence-corrected chi connectivity index (χ4v) is 4.64. The van der Waals surface area contributed by atoms with Crippen molar-refractivity contribution in [1.29, 1.82) is 0 Å². The number of nitrogen functional groups attached to an aromatic ring is 1. The van der Waals surface area contributed by atoms with Gasteiger partial charge in [0, 0.05) is 13.1 Å². The molecule has 19 heteroatoms. The Kier molecular flexibility index (Phi) is 10.2. The van der Waals surface area contributed by atoms with Gasteiger partial charge in [-0.1, -0.05) is 0 Å². The van der Waals surface area contributed by atoms with E-state index in [4.69, 9.17) is 29.4 Å². The number of rotatable bonds is 11. The van der Waals surface area contributed by atoms with E-state index in [1.165, 1.54) is 12.3 Å². The Balaban J connectivity index is 1.61. The van der Waals surface area contributed by atoms with Crippen LogP contribution >= 0.6 is 7.82 Å². The van der Waals surface area contributed by atoms with E-state index in [1.54, 1.807) is 0 Å². The van der Waals surface area contributed by atoms with Gasteiger partial charge in [-0.05, 0) is 12.1 Å². The molecule has 1 unspecified atom stereocenters. The molecule has 1 aromatic rings. The van der Waals surface area contributed by atoms with Gasteiger partial charge in [0.2, 0.25) is 5.91 Å². The molecule has 1 saturated heterocycles. The monoisotopic (exact) mass is 582 g/mol. The van der Waals surface area contributed by atoms with Crippen molar-refractivity contribution in [1.82, 2.24) is 14.9 Å². The van der Waals surface area contributed by atoms with Crippen LogP contribution in [0.2, 0.25) is 0 Å². The standard InChI is InChI=1S/C20H31N4O14P/c1-8(26)22-14-10(27)4-9(37-18(14)15(29)11(28)5-25)6-35-39(33,34)36-7-12-16(30)17(31)19(38-12)24-3-2-13(21)23-20(24)32/h2-4,10-12,14-19,25,27-31H,5-7H2,1H3,(H,22,26)(H,33,34)(H2,21,23,32)/t10-,11+,12+,14+,15+,16+,17+,18+,19+/m0/s1. The third kappa shape index (κ3) is 7.59. The average Bonchev–Trinajstić information content (AvgIpc) is 3.15. The number of anilines is 1. The van der Waals surface area contributed by atoms with Crippen LogP contribution in [0.15, 0.2) is 28.9 Å². The number of hydrogen-bond donors (Lipinski definition) is 9. The molecule has 1 amide bonds. The van der Waals surface area contributed by atoms with Crippen LogP contribution in [-0.2, 0) is 27.9 Å². The summed E-state index contributed by atoms with van der Waals surface area (Å²) in [5.74, 6) is -0.955. The lowest BCUT2D eigenvalue weighted by atomic mass is 9.94. The lowest BCUT2D eigenvalue weighted by Gasteiger charge is -2.38. The van der Waals surface area contributed by atoms with E-state index in [2.05, 4.69) is 10.3 Å². The lowest BCUT2D eigenvalue weighted by Crippen LogP contribution is -2.59. The summed E-state index contributed by atoms with van der Waals surface area (Å²) in [7, 11) is -4.89. The van der Waals surface area contributed by atoms with Crippen LogP contribution in [-0.4, -0.2) is 120 Å². The Labute approximate surface area is 220 Å². The maximum atomic E-state index is 12.4. The number of aromatic nitrogens is 2. The summed E-state index contributed by atoms with van der Waals surface area (Å²) in [5, 5.41) is 62.5. The molecule has 1 aromatic heterocycles. The number of carbonyl (C=O) groups excluding carboxylic acids is 1. The molecular formula is C20H31N4O14P. The summed E-state index contributed by atoms with van der Waals surface area (Å²) >= 11 is 0. The fourth-order valence-electron chi connectivity index (χ4n) is 3.94. The van der Waals surface area contributed by atoms with Gasteiger partial charge in [-0.15, -0.1) is 0 Å². The number of ether oxygens (including phenoxy) is 2. The van der Waals surface area contributed by atoms with Gasteiger partial charge in [0.25, 0.3) is 0 Å². The second-order valence-electron chi connectivity index (χ2n) is 8.80. The van der Waals surface area contributed by atoms with Crippen LogP contribution < -0.4 is 16.7 Å². The summed E-state index contributed by atoms with van der Waals surface area (Å²) in [6.07, 6.45) is -10.3. The molecule has 0 aliphatic carbocycles. The molecule has 3 rings (SSSR count). The van der Waals surface area contributed by atoms with Crippen molar-refractivity contribution in [2.45, 2.75) is 61.9 Å². The highest BCUT2D eigenvalue weighted by Crippen LogP contribution is 2.45. The van der Waals surface area contributed by atoms with Crippen molar-refractivity contribution in [2.75, 3.05) is 25.6 Å². The molecule has 0 bridgehead atoms. The van der Waals surface area contributed by atoms with E-state index < -0.39 is 94.2 Å². The Morgan fingerprint density at radius 3 is 2.59 bits per heavy atom. The maximum Gasteiger partial charge on any atom is 0.472 e. The smallest absolute Gasteiger partial charge is 0.472 e. The number of nitrogens with two attached hydrogens (primary N) is 1. The van der Waals surface area contributed by atoms with Crippen molar-refractivity contribution in [3.05, 3.63) is 34.6 Å². The van der Waals surface area contributed by atoms with Crippen molar-refractivity contribution >= 4 is 19.5 Å². The second kappa shape index (κ2) is 12.8. The number of phosphoric acid groups is 1. The first-order chi connectivity index (χ1) is 18.2. The number of phosphoric ester groups is 1. The van der Waals surface area contributed by atoms with Crippen LogP contribution in [0.25, 0.3) is 0 Å². The van der Waals surface area contributed by atoms with Gasteiger partial charge in [0.15, 0.2) is 6.23 Å². The number of hydrogen-bond acceptors (Lipinski definition) is 15. The molecule has 18 nitrogen and oxygen atoms in total. The molecule has 2 aliphatic heterocycles. The summed E-state index contributed by atoms with van der Waals surface area (Å²) in [6, 6.07) is 0.0123. The van der Waals surface area contributed by atoms with Gasteiger partial charge in [0.05, 0.1) is 25.4 Å². The minimum atomic E-state index is -4.89. The van der Waals surface area contributed by atoms with Gasteiger partial charge in [0.1, 0.15) is 54.8 Å². The molecule has 0 saturated carbocycles. The third-order valence-corrected chi connectivity index (χ3v) is 6.82. The van der Waals surface area contributed by atoms with Crippen molar-refractivity contribution in [3.8, 4) is 0 Å². The number of aliphatic hydroxyl groups is 6. The molecule has 39 heavy (non-hydrogen) atoms. The lowest BCUT2D eigenvalue weighted by molar-refractivity contribution is -0.133. The van der Waals surface area contributed by atoms with Crippen LogP contribution in [0.3, 0.4) is 0 Å². The van der Waals surface area contributed by atoms with E-state index >= 15 is 0 Å². The molecule has 0 spiro atoms. The predicted molar refractivity (Wildman–Crippen MR) is 126 cm³/mol. The zero-order valence-electron chi connectivity index (χ0n) is 20.5. The highest BCUT2D eigenvalue weighted by molar-refractivity contribution is 7.47. The molecule has 220 valence electrons. The summed E-state index contributed by atoms with van der Waals surface area (Å²) in [4.78, 5) is 37.1. The first-order valence-electron chi connectivity index (χ1n) is 11.5. The quantitative estimate of drug-likeness (QED) is 0.111. The molecule has 1 fully saturated rings. The SMILES string of the molecule is CC(=O)N[C@H]1[C@H]([C@H](O)[C@H](O)CO)OC(COP(=O)(O)OC[C@H]2O[C@@H](n3ccc(N)nc3=O)[C@H](O)[C@@H]2O)=C[C@@H]1O. The second-order valence-corrected chi connectivity index (χ2v) is 10.3. The van der Waals surface area contributed by atoms with Crippen LogP contribution in [0.5, 0.6) is 0 Å². The molecule has 3 heterocycles. The number of nitrogens with zero attached hydrogens (tertiary/aromatic N) is 2. The van der Waals surface area contributed by atoms with Gasteiger partial charge < -0.3 is 56.1 Å². The molecule has 0 aromatic carbocycles. The van der Waals surface area contributed by atoms with Gasteiger partial charge in [-0.3, -0.25) is 18.4 Å². The van der Waals surface area contributed by atoms with Gasteiger partial charge in [-0.2, -0.15) is 4.98 Å². The Bertz CT molecular complexity index is 1150. The predicted octanol–water partition coefficient (Wildman–Crippen LogP) is -4.56. The number of nitrogens with one attached hydrogen (secondary N) is 1. The highest BCUT2D eigenvalue weighted by Gasteiger charge is 2.46. The summed E-state index contributed by atoms with van der Waals surface area (Å²) < 4.78 is 33.8. The van der Waals surface area contributed by atoms with Crippen molar-refractivity contribution < 1.29 is 63.4 Å². The first-order valence-corrected chi connectivity index (χ1v) is 13.0. The number of amides is 1. The maximum absolute atomic E-state index is 12.4. The molecular weight excluding hydrogens is 551 g/mol. The molecule has 2 aliphatic rings. The average molecular weight is 582 g/mol. The highest BCUT2D eigenvalue weighted by atomic mass is 31.2.